The molecule has 0 aromatic heterocycles. The quantitative estimate of drug-likeness (QED) is 0.377. The lowest BCUT2D eigenvalue weighted by molar-refractivity contribution is -0.845. The van der Waals surface area contributed by atoms with Crippen molar-refractivity contribution in [3.63, 3.8) is 0 Å². The third kappa shape index (κ3) is 3.95. The molecule has 0 fully saturated rings. The first-order valence-electron chi connectivity index (χ1n) is 6.79. The van der Waals surface area contributed by atoms with Crippen molar-refractivity contribution in [2.24, 2.45) is 0 Å². The van der Waals surface area contributed by atoms with E-state index >= 15 is 0 Å². The Morgan fingerprint density at radius 1 is 1.11 bits per heavy atom. The SMILES string of the molecule is C=CC[N+](CC)(CC)C(=O)CC(=O)N(CC)CC. The third-order valence-corrected chi connectivity index (χ3v) is 3.64. The zero-order chi connectivity index (χ0) is 14.2. The molecule has 0 bridgehead atoms. The Morgan fingerprint density at radius 2 is 1.61 bits per heavy atom. The van der Waals surface area contributed by atoms with Crippen LogP contribution in [-0.4, -0.2) is 53.9 Å². The highest BCUT2D eigenvalue weighted by Gasteiger charge is 2.33. The number of hydrogen-bond acceptors (Lipinski definition) is 2. The van der Waals surface area contributed by atoms with Crippen molar-refractivity contribution in [3.05, 3.63) is 12.7 Å². The average molecular weight is 255 g/mol. The highest BCUT2D eigenvalue weighted by molar-refractivity contribution is 5.94. The highest BCUT2D eigenvalue weighted by atomic mass is 16.2. The summed E-state index contributed by atoms with van der Waals surface area (Å²) in [6, 6.07) is 0. The molecule has 0 N–H and O–H groups in total. The van der Waals surface area contributed by atoms with Gasteiger partial charge in [-0.25, -0.2) is 4.79 Å². The van der Waals surface area contributed by atoms with Crippen LogP contribution in [0.4, 0.5) is 0 Å². The number of amides is 2. The van der Waals surface area contributed by atoms with Gasteiger partial charge in [0.15, 0.2) is 0 Å². The molecule has 4 nitrogen and oxygen atoms in total. The topological polar surface area (TPSA) is 37.4 Å². The molecule has 0 atom stereocenters. The molecule has 0 saturated heterocycles. The minimum atomic E-state index is -0.0709. The summed E-state index contributed by atoms with van der Waals surface area (Å²) in [5.74, 6) is -0.0738. The van der Waals surface area contributed by atoms with Crippen LogP contribution in [0.1, 0.15) is 34.1 Å². The van der Waals surface area contributed by atoms with E-state index in [2.05, 4.69) is 6.58 Å². The van der Waals surface area contributed by atoms with E-state index in [1.54, 1.807) is 11.0 Å². The van der Waals surface area contributed by atoms with Gasteiger partial charge in [-0.3, -0.25) is 9.28 Å². The molecule has 0 unspecified atom stereocenters. The minimum absolute atomic E-state index is 0.00278. The number of carbonyl (C=O) groups is 2. The van der Waals surface area contributed by atoms with Gasteiger partial charge in [0, 0.05) is 13.1 Å². The molecule has 4 heteroatoms. The van der Waals surface area contributed by atoms with Crippen LogP contribution in [0, 0.1) is 0 Å². The second kappa shape index (κ2) is 8.03. The number of carbonyl (C=O) groups excluding carboxylic acids is 2. The van der Waals surface area contributed by atoms with Crippen LogP contribution in [0.25, 0.3) is 0 Å². The van der Waals surface area contributed by atoms with Crippen molar-refractivity contribution in [1.82, 2.24) is 4.90 Å². The molecule has 0 aliphatic carbocycles. The van der Waals surface area contributed by atoms with E-state index in [9.17, 15) is 9.59 Å². The summed E-state index contributed by atoms with van der Waals surface area (Å²) in [6.45, 7) is 14.8. The Hall–Kier alpha value is -1.16. The van der Waals surface area contributed by atoms with Crippen molar-refractivity contribution in [2.45, 2.75) is 34.1 Å². The van der Waals surface area contributed by atoms with Gasteiger partial charge in [-0.2, -0.15) is 0 Å². The third-order valence-electron chi connectivity index (χ3n) is 3.64. The first-order valence-corrected chi connectivity index (χ1v) is 6.79. The summed E-state index contributed by atoms with van der Waals surface area (Å²) >= 11 is 0. The number of rotatable bonds is 8. The van der Waals surface area contributed by atoms with Crippen LogP contribution < -0.4 is 0 Å². The maximum absolute atomic E-state index is 12.3. The average Bonchev–Trinajstić information content (AvgIpc) is 2.37. The van der Waals surface area contributed by atoms with Gasteiger partial charge >= 0.3 is 5.91 Å². The number of nitrogens with zero attached hydrogens (tertiary/aromatic N) is 2. The van der Waals surface area contributed by atoms with Gasteiger partial charge < -0.3 is 4.90 Å². The lowest BCUT2D eigenvalue weighted by Crippen LogP contribution is -2.54. The van der Waals surface area contributed by atoms with Crippen LogP contribution >= 0.6 is 0 Å². The van der Waals surface area contributed by atoms with Gasteiger partial charge in [-0.05, 0) is 33.8 Å². The Balaban J connectivity index is 4.80. The van der Waals surface area contributed by atoms with Crippen LogP contribution in [0.15, 0.2) is 12.7 Å². The minimum Gasteiger partial charge on any atom is -0.343 e. The monoisotopic (exact) mass is 255 g/mol. The molecule has 0 aliphatic rings. The Bertz CT molecular complexity index is 292. The predicted molar refractivity (Wildman–Crippen MR) is 74.0 cm³/mol. The van der Waals surface area contributed by atoms with Crippen molar-refractivity contribution in [2.75, 3.05) is 32.7 Å². The van der Waals surface area contributed by atoms with Crippen molar-refractivity contribution < 1.29 is 14.1 Å². The van der Waals surface area contributed by atoms with E-state index in [-0.39, 0.29) is 18.2 Å². The fourth-order valence-electron chi connectivity index (χ4n) is 2.17. The molecule has 0 aromatic rings. The van der Waals surface area contributed by atoms with E-state index in [0.717, 1.165) is 0 Å². The molecule has 0 radical (unpaired) electrons. The maximum Gasteiger partial charge on any atom is 0.323 e. The van der Waals surface area contributed by atoms with E-state index in [1.165, 1.54) is 0 Å². The molecule has 18 heavy (non-hydrogen) atoms. The van der Waals surface area contributed by atoms with Gasteiger partial charge in [0.2, 0.25) is 5.91 Å². The molecule has 0 aliphatic heterocycles. The molecule has 0 rings (SSSR count). The fraction of sp³-hybridized carbons (Fsp3) is 0.714. The summed E-state index contributed by atoms with van der Waals surface area (Å²) in [4.78, 5) is 26.0. The predicted octanol–water partition coefficient (Wildman–Crippen LogP) is 1.81. The highest BCUT2D eigenvalue weighted by Crippen LogP contribution is 2.11. The first kappa shape index (κ1) is 16.8. The molecule has 104 valence electrons. The van der Waals surface area contributed by atoms with Crippen LogP contribution in [-0.2, 0) is 9.59 Å². The van der Waals surface area contributed by atoms with E-state index in [4.69, 9.17) is 0 Å². The van der Waals surface area contributed by atoms with Gasteiger partial charge in [0.25, 0.3) is 0 Å². The first-order chi connectivity index (χ1) is 8.51. The fourth-order valence-corrected chi connectivity index (χ4v) is 2.17. The molecule has 0 heterocycles. The normalized spacial score (nSPS) is 11.1. The second-order valence-electron chi connectivity index (χ2n) is 4.39. The second-order valence-corrected chi connectivity index (χ2v) is 4.39. The molecule has 0 saturated carbocycles. The summed E-state index contributed by atoms with van der Waals surface area (Å²) < 4.78 is 0.316. The molecule has 2 amide bonds. The van der Waals surface area contributed by atoms with Crippen LogP contribution in [0.5, 0.6) is 0 Å². The summed E-state index contributed by atoms with van der Waals surface area (Å²) in [6.07, 6.45) is 1.75. The maximum atomic E-state index is 12.3. The Kier molecular flexibility index (Phi) is 7.51. The zero-order valence-electron chi connectivity index (χ0n) is 12.2. The van der Waals surface area contributed by atoms with E-state index < -0.39 is 0 Å². The van der Waals surface area contributed by atoms with Crippen molar-refractivity contribution in [1.29, 1.82) is 0 Å². The molecule has 0 spiro atoms. The van der Waals surface area contributed by atoms with Gasteiger partial charge in [-0.15, -0.1) is 0 Å². The van der Waals surface area contributed by atoms with Crippen LogP contribution in [0.3, 0.4) is 0 Å². The molecule has 0 aromatic carbocycles. The molecular formula is C14H27N2O2+. The van der Waals surface area contributed by atoms with Gasteiger partial charge in [0.05, 0.1) is 13.1 Å². The zero-order valence-corrected chi connectivity index (χ0v) is 12.2. The number of quaternary nitrogens is 1. The Morgan fingerprint density at radius 3 is 1.94 bits per heavy atom. The van der Waals surface area contributed by atoms with Gasteiger partial charge in [0.1, 0.15) is 13.0 Å². The van der Waals surface area contributed by atoms with Crippen molar-refractivity contribution in [3.8, 4) is 0 Å². The lowest BCUT2D eigenvalue weighted by Gasteiger charge is -2.33. The number of hydrogen-bond donors (Lipinski definition) is 0. The van der Waals surface area contributed by atoms with E-state index in [1.807, 2.05) is 27.7 Å². The van der Waals surface area contributed by atoms with Gasteiger partial charge in [-0.1, -0.05) is 6.58 Å². The Labute approximate surface area is 111 Å². The lowest BCUT2D eigenvalue weighted by atomic mass is 10.2. The smallest absolute Gasteiger partial charge is 0.323 e. The summed E-state index contributed by atoms with van der Waals surface area (Å²) in [5.41, 5.74) is 0. The summed E-state index contributed by atoms with van der Waals surface area (Å²) in [5, 5.41) is 0. The van der Waals surface area contributed by atoms with E-state index in [0.29, 0.717) is 37.2 Å². The largest absolute Gasteiger partial charge is 0.343 e. The number of likely N-dealkylation sites (N-methyl/N-ethyl adjacent to an activating group) is 1. The summed E-state index contributed by atoms with van der Waals surface area (Å²) in [7, 11) is 0. The van der Waals surface area contributed by atoms with Crippen molar-refractivity contribution >= 4 is 11.8 Å². The standard InChI is InChI=1S/C14H27N2O2/c1-6-11-16(9-4,10-5)14(18)12-13(17)15(7-2)8-3/h6H,1,7-12H2,2-5H3/q+1. The molecular weight excluding hydrogens is 228 g/mol. The van der Waals surface area contributed by atoms with Crippen LogP contribution in [0.2, 0.25) is 0 Å².